The van der Waals surface area contributed by atoms with E-state index in [9.17, 15) is 71.9 Å². The Balaban J connectivity index is 0.000000360. The van der Waals surface area contributed by atoms with Gasteiger partial charge in [-0.05, 0) is 197 Å². The first-order valence-electron chi connectivity index (χ1n) is 34.1. The summed E-state index contributed by atoms with van der Waals surface area (Å²) in [5, 5.41) is 0. The van der Waals surface area contributed by atoms with Crippen molar-refractivity contribution in [1.82, 2.24) is 0 Å². The molecule has 0 heterocycles. The van der Waals surface area contributed by atoms with Crippen LogP contribution in [0.1, 0.15) is 297 Å². The number of hydrogen-bond acceptors (Lipinski definition) is 33. The standard InChI is InChI=1S/3C27H30O11/c1-26(2,3)37-35-24(31)18-12-10-15(13-19(18)23(30)34-8)21(28)16-9-11-17(22(29)33-7)20(14-16)25(32)36-38-27(4,5)6;1-26(2,3)37-35-24(31)17-11-9-15(13-19(17)22(29)33-7)21(28)16-10-12-18(20(14-16)23(30)34-8)25(32)36-38-27(4,5)6;1-26(2,3)37-35-24(31)19-13-15(9-11-17(19)22(29)33-7)21(28)16-10-12-18(23(30)34-8)20(14-16)25(32)36-38-27(4,5)6/h3*9-14H,1-8H3. The zero-order valence-corrected chi connectivity index (χ0v) is 67.4. The number of methoxy groups -OCH3 is 6. The van der Waals surface area contributed by atoms with E-state index in [-0.39, 0.29) is 100 Å². The van der Waals surface area contributed by atoms with Gasteiger partial charge in [-0.2, -0.15) is 29.3 Å². The zero-order chi connectivity index (χ0) is 86.5. The summed E-state index contributed by atoms with van der Waals surface area (Å²) < 4.78 is 28.4. The van der Waals surface area contributed by atoms with Gasteiger partial charge in [0, 0.05) is 33.4 Å². The summed E-state index contributed by atoms with van der Waals surface area (Å²) in [5.41, 5.74) is -7.65. The number of ketones is 3. The summed E-state index contributed by atoms with van der Waals surface area (Å²) in [6, 6.07) is 21.9. The van der Waals surface area contributed by atoms with Crippen molar-refractivity contribution in [2.75, 3.05) is 42.7 Å². The predicted octanol–water partition coefficient (Wildman–Crippen LogP) is 12.8. The van der Waals surface area contributed by atoms with E-state index in [1.165, 1.54) is 72.8 Å². The maximum Gasteiger partial charge on any atom is 0.374 e. The monoisotopic (exact) mass is 1590 g/mol. The molecule has 33 nitrogen and oxygen atoms in total. The number of rotatable bonds is 24. The lowest BCUT2D eigenvalue weighted by Gasteiger charge is -2.17. The van der Waals surface area contributed by atoms with Crippen LogP contribution in [0.25, 0.3) is 0 Å². The maximum absolute atomic E-state index is 13.3. The average Bonchev–Trinajstić information content (AvgIpc) is 0.799. The fourth-order valence-electron chi connectivity index (χ4n) is 8.60. The number of benzene rings is 6. The second kappa shape index (κ2) is 39.8. The third-order valence-corrected chi connectivity index (χ3v) is 13.6. The van der Waals surface area contributed by atoms with Crippen LogP contribution in [-0.4, -0.2) is 165 Å². The van der Waals surface area contributed by atoms with Gasteiger partial charge in [0.05, 0.1) is 109 Å². The van der Waals surface area contributed by atoms with Gasteiger partial charge in [-0.1, -0.05) is 36.4 Å². The summed E-state index contributed by atoms with van der Waals surface area (Å²) >= 11 is 0. The van der Waals surface area contributed by atoms with Crippen molar-refractivity contribution in [2.24, 2.45) is 0 Å². The van der Waals surface area contributed by atoms with E-state index in [1.807, 2.05) is 0 Å². The minimum atomic E-state index is -1.03. The normalized spacial score (nSPS) is 11.4. The number of esters is 6. The number of carbonyl (C=O) groups is 15. The van der Waals surface area contributed by atoms with Crippen LogP contribution < -0.4 is 0 Å². The second-order valence-electron chi connectivity index (χ2n) is 29.9. The van der Waals surface area contributed by atoms with Gasteiger partial charge in [-0.15, -0.1) is 0 Å². The van der Waals surface area contributed by atoms with Gasteiger partial charge in [0.2, 0.25) is 0 Å². The van der Waals surface area contributed by atoms with Gasteiger partial charge in [-0.25, -0.2) is 57.5 Å². The van der Waals surface area contributed by atoms with E-state index in [0.29, 0.717) is 0 Å². The van der Waals surface area contributed by atoms with Crippen molar-refractivity contribution >= 4 is 89.0 Å². The lowest BCUT2D eigenvalue weighted by Crippen LogP contribution is -2.23. The van der Waals surface area contributed by atoms with Gasteiger partial charge < -0.3 is 28.4 Å². The lowest BCUT2D eigenvalue weighted by molar-refractivity contribution is -0.301. The Hall–Kier alpha value is -12.3. The molecule has 612 valence electrons. The molecule has 6 aromatic rings. The molecule has 6 aromatic carbocycles. The first-order valence-corrected chi connectivity index (χ1v) is 34.1. The number of hydrogen-bond donors (Lipinski definition) is 0. The maximum atomic E-state index is 13.3. The highest BCUT2D eigenvalue weighted by Crippen LogP contribution is 2.28. The largest absolute Gasteiger partial charge is 0.465 e. The molecule has 0 saturated carbocycles. The van der Waals surface area contributed by atoms with Crippen LogP contribution in [0.3, 0.4) is 0 Å². The highest BCUT2D eigenvalue weighted by Gasteiger charge is 2.33. The topological polar surface area (TPSA) is 422 Å². The molecule has 0 bridgehead atoms. The van der Waals surface area contributed by atoms with Gasteiger partial charge in [0.15, 0.2) is 17.3 Å². The molecular weight excluding hydrogens is 1500 g/mol. The van der Waals surface area contributed by atoms with Crippen molar-refractivity contribution in [3.8, 4) is 0 Å². The smallest absolute Gasteiger partial charge is 0.374 e. The SMILES string of the molecule is COC(=O)c1cc(C(=O)c2ccc(C(=O)OC)c(C(=O)OOC(C)(C)C)c2)ccc1C(=O)OOC(C)(C)C.COC(=O)c1cc(C(=O)c2ccc(C(=O)OOC(C)(C)C)c(C(=O)OC)c2)ccc1C(=O)OOC(C)(C)C.COC(=O)c1ccc(C(=O)c2ccc(C(=O)OC)c(C(=O)OOC(C)(C)C)c2)cc1C(=O)OOC(C)(C)C. The van der Waals surface area contributed by atoms with Crippen LogP contribution in [0, 0.1) is 0 Å². The summed E-state index contributed by atoms with van der Waals surface area (Å²) in [5.74, 6) is -13.1. The summed E-state index contributed by atoms with van der Waals surface area (Å²) in [7, 11) is 6.74. The van der Waals surface area contributed by atoms with Crippen molar-refractivity contribution in [3.05, 3.63) is 209 Å². The van der Waals surface area contributed by atoms with Gasteiger partial charge in [-0.3, -0.25) is 43.7 Å². The Morgan fingerprint density at radius 1 is 0.175 bits per heavy atom. The molecule has 0 aromatic heterocycles. The minimum Gasteiger partial charge on any atom is -0.465 e. The van der Waals surface area contributed by atoms with E-state index in [1.54, 1.807) is 125 Å². The number of carbonyl (C=O) groups excluding carboxylic acids is 15. The fourth-order valence-corrected chi connectivity index (χ4v) is 8.60. The molecular formula is C81H90O33. The third kappa shape index (κ3) is 28.2. The molecule has 0 unspecified atom stereocenters. The molecule has 0 spiro atoms. The summed E-state index contributed by atoms with van der Waals surface area (Å²) in [6.45, 7) is 29.8. The second-order valence-corrected chi connectivity index (χ2v) is 29.9. The van der Waals surface area contributed by atoms with Crippen LogP contribution in [0.4, 0.5) is 0 Å². The highest BCUT2D eigenvalue weighted by atomic mass is 17.2. The van der Waals surface area contributed by atoms with Gasteiger partial charge in [0.1, 0.15) is 33.6 Å². The molecule has 0 amide bonds. The molecule has 0 atom stereocenters. The van der Waals surface area contributed by atoms with Crippen molar-refractivity contribution < 1.29 is 159 Å². The first-order chi connectivity index (χ1) is 52.7. The molecule has 0 aliphatic rings. The quantitative estimate of drug-likeness (QED) is 0.0178. The van der Waals surface area contributed by atoms with Crippen LogP contribution in [0.5, 0.6) is 0 Å². The van der Waals surface area contributed by atoms with Crippen molar-refractivity contribution in [2.45, 2.75) is 158 Å². The van der Waals surface area contributed by atoms with Crippen LogP contribution >= 0.6 is 0 Å². The Morgan fingerprint density at radius 3 is 0.421 bits per heavy atom. The zero-order valence-electron chi connectivity index (χ0n) is 67.4. The van der Waals surface area contributed by atoms with Crippen molar-refractivity contribution in [3.63, 3.8) is 0 Å². The lowest BCUT2D eigenvalue weighted by atomic mass is 9.95. The molecule has 0 saturated heterocycles. The molecule has 114 heavy (non-hydrogen) atoms. The fraction of sp³-hybridized carbons (Fsp3) is 0.370. The Labute approximate surface area is 655 Å². The molecule has 0 aliphatic carbocycles. The van der Waals surface area contributed by atoms with Crippen LogP contribution in [-0.2, 0) is 87.1 Å². The molecule has 0 radical (unpaired) electrons. The first kappa shape index (κ1) is 94.1. The number of ether oxygens (including phenoxy) is 6. The molecule has 0 aliphatic heterocycles. The third-order valence-electron chi connectivity index (χ3n) is 13.6. The van der Waals surface area contributed by atoms with Gasteiger partial charge in [0.25, 0.3) is 0 Å². The van der Waals surface area contributed by atoms with E-state index >= 15 is 0 Å². The average molecular weight is 1590 g/mol. The summed E-state index contributed by atoms with van der Waals surface area (Å²) in [6.07, 6.45) is 0. The minimum absolute atomic E-state index is 0.0131. The Bertz CT molecular complexity index is 4480. The van der Waals surface area contributed by atoms with E-state index in [2.05, 4.69) is 0 Å². The van der Waals surface area contributed by atoms with Crippen LogP contribution in [0.15, 0.2) is 109 Å². The highest BCUT2D eigenvalue weighted by molar-refractivity contribution is 6.17. The predicted molar refractivity (Wildman–Crippen MR) is 395 cm³/mol. The summed E-state index contributed by atoms with van der Waals surface area (Å²) in [4.78, 5) is 248. The molecule has 0 N–H and O–H groups in total. The Morgan fingerprint density at radius 2 is 0.289 bits per heavy atom. The van der Waals surface area contributed by atoms with Crippen molar-refractivity contribution in [1.29, 1.82) is 0 Å². The Kier molecular flexibility index (Phi) is 32.8. The van der Waals surface area contributed by atoms with Crippen LogP contribution in [0.2, 0.25) is 0 Å². The van der Waals surface area contributed by atoms with Gasteiger partial charge >= 0.3 is 71.6 Å². The molecule has 33 heteroatoms. The van der Waals surface area contributed by atoms with E-state index in [4.69, 9.17) is 87.1 Å². The van der Waals surface area contributed by atoms with E-state index < -0.39 is 123 Å². The molecule has 6 rings (SSSR count). The molecule has 0 fully saturated rings. The van der Waals surface area contributed by atoms with E-state index in [0.717, 1.165) is 79.1 Å².